The maximum Gasteiger partial charge on any atom is 0.140 e. The van der Waals surface area contributed by atoms with E-state index in [-0.39, 0.29) is 29.6 Å². The SMILES string of the molecule is O=C1CC2CCC1C(c1ccccc1F)N2c1ccc(Br)cc1. The molecule has 4 heteroatoms. The van der Waals surface area contributed by atoms with Crippen molar-refractivity contribution in [3.05, 3.63) is 64.4 Å². The lowest BCUT2D eigenvalue weighted by Crippen LogP contribution is -2.54. The summed E-state index contributed by atoms with van der Waals surface area (Å²) in [7, 11) is 0. The molecule has 2 aromatic carbocycles. The van der Waals surface area contributed by atoms with Gasteiger partial charge < -0.3 is 4.90 Å². The average molecular weight is 374 g/mol. The third-order valence-electron chi connectivity index (χ3n) is 5.08. The number of fused-ring (bicyclic) bond motifs is 3. The molecule has 2 bridgehead atoms. The van der Waals surface area contributed by atoms with E-state index in [0.29, 0.717) is 12.0 Å². The van der Waals surface area contributed by atoms with Crippen LogP contribution < -0.4 is 4.90 Å². The number of rotatable bonds is 2. The Hall–Kier alpha value is -1.68. The number of benzene rings is 2. The topological polar surface area (TPSA) is 20.3 Å². The normalized spacial score (nSPS) is 26.6. The van der Waals surface area contributed by atoms with Gasteiger partial charge in [-0.25, -0.2) is 4.39 Å². The van der Waals surface area contributed by atoms with Gasteiger partial charge in [-0.15, -0.1) is 0 Å². The van der Waals surface area contributed by atoms with Crippen molar-refractivity contribution in [2.45, 2.75) is 31.3 Å². The molecular formula is C19H17BrFNO. The molecular weight excluding hydrogens is 357 g/mol. The van der Waals surface area contributed by atoms with Crippen LogP contribution in [0.3, 0.4) is 0 Å². The molecule has 3 aliphatic rings. The van der Waals surface area contributed by atoms with Gasteiger partial charge in [-0.3, -0.25) is 4.79 Å². The summed E-state index contributed by atoms with van der Waals surface area (Å²) in [4.78, 5) is 14.7. The lowest BCUT2D eigenvalue weighted by Gasteiger charge is -2.52. The van der Waals surface area contributed by atoms with Crippen molar-refractivity contribution in [2.24, 2.45) is 5.92 Å². The fraction of sp³-hybridized carbons (Fsp3) is 0.316. The van der Waals surface area contributed by atoms with Gasteiger partial charge in [-0.2, -0.15) is 0 Å². The Morgan fingerprint density at radius 1 is 1.04 bits per heavy atom. The molecule has 3 fully saturated rings. The minimum atomic E-state index is -0.222. The molecule has 0 spiro atoms. The summed E-state index contributed by atoms with van der Waals surface area (Å²) in [5.41, 5.74) is 1.70. The van der Waals surface area contributed by atoms with Crippen molar-refractivity contribution < 1.29 is 9.18 Å². The molecule has 0 N–H and O–H groups in total. The monoisotopic (exact) mass is 373 g/mol. The second-order valence-corrected chi connectivity index (χ2v) is 7.27. The van der Waals surface area contributed by atoms with Crippen LogP contribution >= 0.6 is 15.9 Å². The minimum absolute atomic E-state index is 0.111. The highest BCUT2D eigenvalue weighted by Gasteiger charge is 2.47. The van der Waals surface area contributed by atoms with Crippen LogP contribution in [0, 0.1) is 11.7 Å². The number of anilines is 1. The summed E-state index contributed by atoms with van der Waals surface area (Å²) in [6.07, 6.45) is 2.43. The molecule has 3 atom stereocenters. The predicted molar refractivity (Wildman–Crippen MR) is 91.9 cm³/mol. The largest absolute Gasteiger partial charge is 0.360 e. The van der Waals surface area contributed by atoms with E-state index in [9.17, 15) is 9.18 Å². The Balaban J connectivity index is 1.83. The third-order valence-corrected chi connectivity index (χ3v) is 5.61. The molecule has 1 saturated carbocycles. The molecule has 0 radical (unpaired) electrons. The van der Waals surface area contributed by atoms with Crippen LogP contribution in [-0.2, 0) is 4.79 Å². The van der Waals surface area contributed by atoms with Crippen LogP contribution in [0.2, 0.25) is 0 Å². The Bertz CT molecular complexity index is 745. The predicted octanol–water partition coefficient (Wildman–Crippen LogP) is 4.89. The van der Waals surface area contributed by atoms with Crippen LogP contribution in [-0.4, -0.2) is 11.8 Å². The van der Waals surface area contributed by atoms with Crippen LogP contribution in [0.25, 0.3) is 0 Å². The molecule has 1 aliphatic carbocycles. The molecule has 118 valence electrons. The van der Waals surface area contributed by atoms with Gasteiger partial charge in [0, 0.05) is 34.1 Å². The third kappa shape index (κ3) is 2.49. The average Bonchev–Trinajstić information content (AvgIpc) is 2.56. The Kier molecular flexibility index (Phi) is 3.72. The first kappa shape index (κ1) is 14.9. The lowest BCUT2D eigenvalue weighted by atomic mass is 9.71. The highest BCUT2D eigenvalue weighted by molar-refractivity contribution is 9.10. The van der Waals surface area contributed by atoms with E-state index in [0.717, 1.165) is 23.0 Å². The summed E-state index contributed by atoms with van der Waals surface area (Å²) in [6.45, 7) is 0. The van der Waals surface area contributed by atoms with E-state index < -0.39 is 0 Å². The Morgan fingerprint density at radius 2 is 1.78 bits per heavy atom. The maximum atomic E-state index is 14.4. The minimum Gasteiger partial charge on any atom is -0.360 e. The second-order valence-electron chi connectivity index (χ2n) is 6.36. The first-order valence-electron chi connectivity index (χ1n) is 7.96. The summed E-state index contributed by atoms with van der Waals surface area (Å²) in [5, 5.41) is 0. The standard InChI is InChI=1S/C19H17BrFNO/c20-12-5-7-13(8-6-12)22-14-9-10-16(18(23)11-14)19(22)15-3-1-2-4-17(15)21/h1-8,14,16,19H,9-11H2. The highest BCUT2D eigenvalue weighted by atomic mass is 79.9. The van der Waals surface area contributed by atoms with Crippen LogP contribution in [0.4, 0.5) is 10.1 Å². The fourth-order valence-electron chi connectivity index (χ4n) is 4.08. The van der Waals surface area contributed by atoms with E-state index in [1.165, 1.54) is 6.07 Å². The zero-order valence-corrected chi connectivity index (χ0v) is 14.2. The zero-order chi connectivity index (χ0) is 16.0. The van der Waals surface area contributed by atoms with E-state index >= 15 is 0 Å². The van der Waals surface area contributed by atoms with Gasteiger partial charge in [0.15, 0.2) is 0 Å². The molecule has 2 nitrogen and oxygen atoms in total. The zero-order valence-electron chi connectivity index (χ0n) is 12.6. The van der Waals surface area contributed by atoms with Crippen molar-refractivity contribution >= 4 is 27.4 Å². The number of piperidine rings is 2. The number of halogens is 2. The van der Waals surface area contributed by atoms with Gasteiger partial charge in [0.1, 0.15) is 11.6 Å². The van der Waals surface area contributed by atoms with Crippen molar-refractivity contribution in [2.75, 3.05) is 4.90 Å². The molecule has 23 heavy (non-hydrogen) atoms. The molecule has 2 saturated heterocycles. The second kappa shape index (κ2) is 5.75. The number of nitrogens with zero attached hydrogens (tertiary/aromatic N) is 1. The number of ketones is 1. The van der Waals surface area contributed by atoms with Crippen LogP contribution in [0.1, 0.15) is 30.9 Å². The van der Waals surface area contributed by atoms with Crippen molar-refractivity contribution in [1.82, 2.24) is 0 Å². The summed E-state index contributed by atoms with van der Waals surface area (Å²) in [6, 6.07) is 14.9. The highest BCUT2D eigenvalue weighted by Crippen LogP contribution is 2.48. The van der Waals surface area contributed by atoms with Crippen molar-refractivity contribution in [3.63, 3.8) is 0 Å². The molecule has 5 rings (SSSR count). The fourth-order valence-corrected chi connectivity index (χ4v) is 4.34. The van der Waals surface area contributed by atoms with Gasteiger partial charge >= 0.3 is 0 Å². The summed E-state index contributed by atoms with van der Waals surface area (Å²) < 4.78 is 15.4. The van der Waals surface area contributed by atoms with Gasteiger partial charge in [0.25, 0.3) is 0 Å². The van der Waals surface area contributed by atoms with E-state index in [4.69, 9.17) is 0 Å². The molecule has 0 aromatic heterocycles. The quantitative estimate of drug-likeness (QED) is 0.746. The van der Waals surface area contributed by atoms with E-state index in [1.807, 2.05) is 36.4 Å². The summed E-state index contributed by atoms with van der Waals surface area (Å²) >= 11 is 3.46. The number of carbonyl (C=O) groups is 1. The number of hydrogen-bond donors (Lipinski definition) is 0. The Labute approximate surface area is 143 Å². The molecule has 2 aromatic rings. The number of Topliss-reactive ketones (excluding diaryl/α,β-unsaturated/α-hetero) is 1. The van der Waals surface area contributed by atoms with Gasteiger partial charge in [0.2, 0.25) is 0 Å². The first-order chi connectivity index (χ1) is 11.1. The van der Waals surface area contributed by atoms with Gasteiger partial charge in [-0.1, -0.05) is 34.1 Å². The Morgan fingerprint density at radius 3 is 2.48 bits per heavy atom. The molecule has 2 aliphatic heterocycles. The molecule has 2 heterocycles. The molecule has 3 unspecified atom stereocenters. The van der Waals surface area contributed by atoms with Crippen molar-refractivity contribution in [3.8, 4) is 0 Å². The smallest absolute Gasteiger partial charge is 0.140 e. The molecule has 0 amide bonds. The van der Waals surface area contributed by atoms with E-state index in [2.05, 4.69) is 20.8 Å². The van der Waals surface area contributed by atoms with Gasteiger partial charge in [-0.05, 0) is 43.2 Å². The lowest BCUT2D eigenvalue weighted by molar-refractivity contribution is -0.128. The van der Waals surface area contributed by atoms with Crippen LogP contribution in [0.15, 0.2) is 53.0 Å². The summed E-state index contributed by atoms with van der Waals surface area (Å²) in [5.74, 6) is -0.0524. The number of hydrogen-bond acceptors (Lipinski definition) is 2. The first-order valence-corrected chi connectivity index (χ1v) is 8.75. The maximum absolute atomic E-state index is 14.4. The van der Waals surface area contributed by atoms with Crippen LogP contribution in [0.5, 0.6) is 0 Å². The van der Waals surface area contributed by atoms with E-state index in [1.54, 1.807) is 6.07 Å². The number of carbonyl (C=O) groups excluding carboxylic acids is 1. The van der Waals surface area contributed by atoms with Crippen molar-refractivity contribution in [1.29, 1.82) is 0 Å². The van der Waals surface area contributed by atoms with Gasteiger partial charge in [0.05, 0.1) is 6.04 Å².